The van der Waals surface area contributed by atoms with Gasteiger partial charge >= 0.3 is 0 Å². The van der Waals surface area contributed by atoms with Crippen molar-refractivity contribution in [3.8, 4) is 5.75 Å². The van der Waals surface area contributed by atoms with Gasteiger partial charge in [0.05, 0.1) is 35.8 Å². The van der Waals surface area contributed by atoms with Crippen LogP contribution in [-0.4, -0.2) is 85.8 Å². The zero-order valence-corrected chi connectivity index (χ0v) is 28.5. The minimum atomic E-state index is -0.874. The standard InChI is InChI=1S/C35H42BrN3O5S/c1-6-18-37(22(4)5)34(43)31-35-20-26(36)30(45-35)28(29(35)33(42)39(31)27(21-40)23-12-10-9-11-13-23)32(41)38(19-7-2)24-14-16-25(17-15-24)44-8-3/h6-7,9-17,22,26-31,40H,1-2,8,18-21H2,3-5H3/t26?,27-,28+,29+,30+,31?,35?/m1/s1. The van der Waals surface area contributed by atoms with Gasteiger partial charge in [-0.2, -0.15) is 0 Å². The third-order valence-corrected chi connectivity index (χ3v) is 12.4. The molecular formula is C35H42BrN3O5S. The first kappa shape index (κ1) is 33.3. The van der Waals surface area contributed by atoms with Crippen LogP contribution in [0.3, 0.4) is 0 Å². The highest BCUT2D eigenvalue weighted by molar-refractivity contribution is 9.09. The molecule has 3 saturated heterocycles. The molecule has 0 aromatic heterocycles. The van der Waals surface area contributed by atoms with Gasteiger partial charge in [-0.1, -0.05) is 58.4 Å². The maximum atomic E-state index is 14.9. The molecule has 2 bridgehead atoms. The molecule has 0 radical (unpaired) electrons. The van der Waals surface area contributed by atoms with Crippen molar-refractivity contribution in [2.24, 2.45) is 11.8 Å². The molecule has 2 aromatic rings. The van der Waals surface area contributed by atoms with Crippen LogP contribution < -0.4 is 9.64 Å². The summed E-state index contributed by atoms with van der Waals surface area (Å²) in [5.74, 6) is -1.36. The van der Waals surface area contributed by atoms with Crippen LogP contribution >= 0.6 is 27.7 Å². The van der Waals surface area contributed by atoms with Crippen LogP contribution in [0.4, 0.5) is 5.69 Å². The molecular weight excluding hydrogens is 654 g/mol. The molecule has 3 fully saturated rings. The first-order valence-corrected chi connectivity index (χ1v) is 17.3. The molecule has 5 rings (SSSR count). The predicted octanol–water partition coefficient (Wildman–Crippen LogP) is 5.23. The van der Waals surface area contributed by atoms with Crippen molar-refractivity contribution in [3.05, 3.63) is 85.5 Å². The topological polar surface area (TPSA) is 90.4 Å². The quantitative estimate of drug-likeness (QED) is 0.228. The third-order valence-electron chi connectivity index (χ3n) is 9.21. The van der Waals surface area contributed by atoms with Gasteiger partial charge in [0.2, 0.25) is 17.7 Å². The molecule has 3 aliphatic heterocycles. The van der Waals surface area contributed by atoms with E-state index in [4.69, 9.17) is 4.74 Å². The van der Waals surface area contributed by atoms with Crippen LogP contribution in [0.1, 0.15) is 38.8 Å². The monoisotopic (exact) mass is 695 g/mol. The van der Waals surface area contributed by atoms with Crippen molar-refractivity contribution in [1.82, 2.24) is 9.80 Å². The Hall–Kier alpha value is -3.08. The summed E-state index contributed by atoms with van der Waals surface area (Å²) in [6.07, 6.45) is 3.92. The van der Waals surface area contributed by atoms with E-state index in [1.54, 1.807) is 38.6 Å². The largest absolute Gasteiger partial charge is 0.494 e. The summed E-state index contributed by atoms with van der Waals surface area (Å²) < 4.78 is 4.75. The average molecular weight is 697 g/mol. The second-order valence-corrected chi connectivity index (χ2v) is 14.8. The molecule has 45 heavy (non-hydrogen) atoms. The summed E-state index contributed by atoms with van der Waals surface area (Å²) in [5.41, 5.74) is 1.42. The first-order chi connectivity index (χ1) is 21.6. The zero-order chi connectivity index (χ0) is 32.5. The zero-order valence-electron chi connectivity index (χ0n) is 26.1. The Morgan fingerprint density at radius 1 is 1.11 bits per heavy atom. The summed E-state index contributed by atoms with van der Waals surface area (Å²) in [5, 5.41) is 10.6. The number of fused-ring (bicyclic) bond motifs is 1. The second kappa shape index (κ2) is 13.7. The summed E-state index contributed by atoms with van der Waals surface area (Å²) in [6.45, 7) is 14.3. The Morgan fingerprint density at radius 3 is 2.36 bits per heavy atom. The van der Waals surface area contributed by atoms with Crippen molar-refractivity contribution in [3.63, 3.8) is 0 Å². The molecule has 3 amide bonds. The minimum absolute atomic E-state index is 0.0853. The molecule has 8 nitrogen and oxygen atoms in total. The number of aliphatic hydroxyl groups excluding tert-OH is 1. The maximum Gasteiger partial charge on any atom is 0.247 e. The second-order valence-electron chi connectivity index (χ2n) is 12.1. The highest BCUT2D eigenvalue weighted by Crippen LogP contribution is 2.69. The van der Waals surface area contributed by atoms with Gasteiger partial charge in [0.1, 0.15) is 11.8 Å². The van der Waals surface area contributed by atoms with Gasteiger partial charge in [0.15, 0.2) is 0 Å². The van der Waals surface area contributed by atoms with Crippen LogP contribution in [-0.2, 0) is 14.4 Å². The summed E-state index contributed by atoms with van der Waals surface area (Å²) >= 11 is 5.46. The molecule has 3 heterocycles. The number of carbonyl (C=O) groups excluding carboxylic acids is 3. The Bertz CT molecular complexity index is 1420. The van der Waals surface area contributed by atoms with E-state index in [0.29, 0.717) is 31.0 Å². The average Bonchev–Trinajstić information content (AvgIpc) is 3.63. The van der Waals surface area contributed by atoms with E-state index < -0.39 is 28.7 Å². The summed E-state index contributed by atoms with van der Waals surface area (Å²) in [6, 6.07) is 14.9. The Kier molecular flexibility index (Phi) is 10.2. The van der Waals surface area contributed by atoms with Crippen molar-refractivity contribution in [2.45, 2.75) is 60.1 Å². The molecule has 2 aromatic carbocycles. The number of halogens is 1. The number of benzene rings is 2. The fraction of sp³-hybridized carbons (Fsp3) is 0.457. The lowest BCUT2D eigenvalue weighted by Gasteiger charge is -2.41. The number of hydrogen-bond donors (Lipinski definition) is 1. The van der Waals surface area contributed by atoms with E-state index in [9.17, 15) is 19.5 Å². The number of amides is 3. The number of anilines is 1. The highest BCUT2D eigenvalue weighted by Gasteiger charge is 2.76. The molecule has 240 valence electrons. The van der Waals surface area contributed by atoms with E-state index in [-0.39, 0.29) is 47.0 Å². The van der Waals surface area contributed by atoms with E-state index in [1.807, 2.05) is 75.4 Å². The highest BCUT2D eigenvalue weighted by atomic mass is 79.9. The first-order valence-electron chi connectivity index (χ1n) is 15.5. The summed E-state index contributed by atoms with van der Waals surface area (Å²) in [7, 11) is 0. The van der Waals surface area contributed by atoms with Gasteiger partial charge in [-0.25, -0.2) is 0 Å². The van der Waals surface area contributed by atoms with Crippen molar-refractivity contribution in [2.75, 3.05) is 31.2 Å². The molecule has 3 unspecified atom stereocenters. The van der Waals surface area contributed by atoms with Gasteiger partial charge in [0, 0.05) is 34.9 Å². The Labute approximate surface area is 278 Å². The number of hydrogen-bond acceptors (Lipinski definition) is 6. The summed E-state index contributed by atoms with van der Waals surface area (Å²) in [4.78, 5) is 49.2. The number of nitrogens with zero attached hydrogens (tertiary/aromatic N) is 3. The lowest BCUT2D eigenvalue weighted by molar-refractivity contribution is -0.146. The number of thioether (sulfide) groups is 1. The smallest absolute Gasteiger partial charge is 0.247 e. The number of rotatable bonds is 13. The fourth-order valence-corrected chi connectivity index (χ4v) is 11.0. The molecule has 10 heteroatoms. The van der Waals surface area contributed by atoms with Crippen molar-refractivity contribution >= 4 is 51.1 Å². The Morgan fingerprint density at radius 2 is 1.78 bits per heavy atom. The van der Waals surface area contributed by atoms with Gasteiger partial charge in [-0.05, 0) is 57.0 Å². The van der Waals surface area contributed by atoms with Gasteiger partial charge in [-0.3, -0.25) is 14.4 Å². The van der Waals surface area contributed by atoms with Crippen LogP contribution in [0.15, 0.2) is 79.9 Å². The fourth-order valence-electron chi connectivity index (χ4n) is 7.37. The lowest BCUT2D eigenvalue weighted by atomic mass is 9.70. The minimum Gasteiger partial charge on any atom is -0.494 e. The van der Waals surface area contributed by atoms with Crippen LogP contribution in [0.2, 0.25) is 0 Å². The third kappa shape index (κ3) is 5.74. The predicted molar refractivity (Wildman–Crippen MR) is 183 cm³/mol. The van der Waals surface area contributed by atoms with E-state index in [1.165, 1.54) is 0 Å². The number of aliphatic hydroxyl groups is 1. The molecule has 3 aliphatic rings. The molecule has 1 N–H and O–H groups in total. The van der Waals surface area contributed by atoms with Gasteiger partial charge in [0.25, 0.3) is 0 Å². The van der Waals surface area contributed by atoms with E-state index in [2.05, 4.69) is 29.1 Å². The molecule has 0 aliphatic carbocycles. The van der Waals surface area contributed by atoms with E-state index in [0.717, 1.165) is 5.56 Å². The maximum absolute atomic E-state index is 14.9. The molecule has 7 atom stereocenters. The number of ether oxygens (including phenoxy) is 1. The van der Waals surface area contributed by atoms with Crippen LogP contribution in [0, 0.1) is 11.8 Å². The molecule has 1 spiro atoms. The van der Waals surface area contributed by atoms with Gasteiger partial charge in [-0.15, -0.1) is 24.9 Å². The Balaban J connectivity index is 1.62. The SMILES string of the molecule is C=CCN(C(=O)[C@H]1[C@H]2C(=O)N([C@H](CO)c3ccccc3)C(C(=O)N(CC=C)C(C)C)C23CC(Br)[C@@H]1S3)c1ccc(OCC)cc1. The van der Waals surface area contributed by atoms with Crippen LogP contribution in [0.25, 0.3) is 0 Å². The van der Waals surface area contributed by atoms with Crippen molar-refractivity contribution < 1.29 is 24.2 Å². The molecule has 0 saturated carbocycles. The van der Waals surface area contributed by atoms with E-state index >= 15 is 0 Å². The normalized spacial score (nSPS) is 27.3. The number of likely N-dealkylation sites (tertiary alicyclic amines) is 1. The van der Waals surface area contributed by atoms with Gasteiger partial charge < -0.3 is 24.5 Å². The number of alkyl halides is 1. The van der Waals surface area contributed by atoms with Crippen molar-refractivity contribution in [1.29, 1.82) is 0 Å². The lowest BCUT2D eigenvalue weighted by Crippen LogP contribution is -2.57. The number of carbonyl (C=O) groups is 3. The van der Waals surface area contributed by atoms with Crippen LogP contribution in [0.5, 0.6) is 5.75 Å².